The highest BCUT2D eigenvalue weighted by Crippen LogP contribution is 2.36. The van der Waals surface area contributed by atoms with Gasteiger partial charge in [0.15, 0.2) is 0 Å². The standard InChI is InChI=1S/C18H20F3N3S/c19-18(20,21)25-16-6-4-14(5-7-16)13-23-15-8-11-24(12-9-15)17-3-1-2-10-22-17/h1-7,10,15,23H,8-9,11-13H2. The lowest BCUT2D eigenvalue weighted by Gasteiger charge is -2.33. The molecule has 1 aromatic carbocycles. The molecule has 1 fully saturated rings. The van der Waals surface area contributed by atoms with E-state index in [1.54, 1.807) is 18.3 Å². The first-order valence-electron chi connectivity index (χ1n) is 8.24. The number of rotatable bonds is 5. The van der Waals surface area contributed by atoms with Gasteiger partial charge in [-0.1, -0.05) is 18.2 Å². The molecule has 0 unspecified atom stereocenters. The van der Waals surface area contributed by atoms with E-state index in [-0.39, 0.29) is 16.7 Å². The Kier molecular flexibility index (Phi) is 5.86. The van der Waals surface area contributed by atoms with Gasteiger partial charge in [-0.25, -0.2) is 4.98 Å². The molecule has 0 aliphatic carbocycles. The van der Waals surface area contributed by atoms with Crippen LogP contribution in [0.2, 0.25) is 0 Å². The van der Waals surface area contributed by atoms with Crippen LogP contribution in [0.15, 0.2) is 53.6 Å². The van der Waals surface area contributed by atoms with E-state index in [0.29, 0.717) is 12.6 Å². The molecule has 1 aliphatic rings. The first-order valence-corrected chi connectivity index (χ1v) is 9.05. The van der Waals surface area contributed by atoms with E-state index in [1.165, 1.54) is 12.1 Å². The predicted octanol–water partition coefficient (Wildman–Crippen LogP) is 4.45. The van der Waals surface area contributed by atoms with Crippen molar-refractivity contribution in [2.45, 2.75) is 35.8 Å². The normalized spacial score (nSPS) is 16.2. The van der Waals surface area contributed by atoms with Gasteiger partial charge < -0.3 is 10.2 Å². The number of alkyl halides is 3. The molecule has 3 rings (SSSR count). The van der Waals surface area contributed by atoms with Crippen molar-refractivity contribution in [1.29, 1.82) is 0 Å². The molecule has 0 spiro atoms. The molecule has 0 bridgehead atoms. The Balaban J connectivity index is 1.44. The summed E-state index contributed by atoms with van der Waals surface area (Å²) in [5.41, 5.74) is -3.24. The minimum atomic E-state index is -4.23. The van der Waals surface area contributed by atoms with Gasteiger partial charge in [-0.3, -0.25) is 0 Å². The number of anilines is 1. The van der Waals surface area contributed by atoms with Gasteiger partial charge in [0.1, 0.15) is 5.82 Å². The van der Waals surface area contributed by atoms with Gasteiger partial charge in [-0.15, -0.1) is 0 Å². The van der Waals surface area contributed by atoms with E-state index in [1.807, 2.05) is 18.2 Å². The van der Waals surface area contributed by atoms with Gasteiger partial charge in [0.05, 0.1) is 0 Å². The fourth-order valence-electron chi connectivity index (χ4n) is 2.92. The van der Waals surface area contributed by atoms with Crippen LogP contribution in [0.3, 0.4) is 0 Å². The molecule has 134 valence electrons. The Morgan fingerprint density at radius 3 is 2.40 bits per heavy atom. The van der Waals surface area contributed by atoms with Crippen molar-refractivity contribution in [3.05, 3.63) is 54.2 Å². The molecule has 7 heteroatoms. The lowest BCUT2D eigenvalue weighted by Crippen LogP contribution is -2.42. The Morgan fingerprint density at radius 1 is 1.08 bits per heavy atom. The third-order valence-corrected chi connectivity index (χ3v) is 4.96. The van der Waals surface area contributed by atoms with Crippen molar-refractivity contribution in [1.82, 2.24) is 10.3 Å². The number of benzene rings is 1. The van der Waals surface area contributed by atoms with Gasteiger partial charge in [-0.2, -0.15) is 13.2 Å². The van der Waals surface area contributed by atoms with Crippen LogP contribution in [0.25, 0.3) is 0 Å². The molecule has 0 saturated carbocycles. The number of nitrogens with one attached hydrogen (secondary N) is 1. The van der Waals surface area contributed by atoms with Crippen molar-refractivity contribution < 1.29 is 13.2 Å². The average Bonchev–Trinajstić information content (AvgIpc) is 2.61. The van der Waals surface area contributed by atoms with E-state index in [0.717, 1.165) is 37.3 Å². The van der Waals surface area contributed by atoms with Crippen LogP contribution in [0, 0.1) is 0 Å². The number of nitrogens with zero attached hydrogens (tertiary/aromatic N) is 2. The monoisotopic (exact) mass is 367 g/mol. The summed E-state index contributed by atoms with van der Waals surface area (Å²) in [6, 6.07) is 12.9. The highest BCUT2D eigenvalue weighted by Gasteiger charge is 2.29. The van der Waals surface area contributed by atoms with Gasteiger partial charge in [0.2, 0.25) is 0 Å². The highest BCUT2D eigenvalue weighted by molar-refractivity contribution is 8.00. The van der Waals surface area contributed by atoms with E-state index < -0.39 is 5.51 Å². The van der Waals surface area contributed by atoms with Crippen molar-refractivity contribution in [3.8, 4) is 0 Å². The molecule has 0 atom stereocenters. The molecule has 3 nitrogen and oxygen atoms in total. The van der Waals surface area contributed by atoms with Gasteiger partial charge >= 0.3 is 5.51 Å². The maximum absolute atomic E-state index is 12.3. The quantitative estimate of drug-likeness (QED) is 0.790. The lowest BCUT2D eigenvalue weighted by atomic mass is 10.0. The molecule has 0 radical (unpaired) electrons. The zero-order chi connectivity index (χ0) is 17.7. The van der Waals surface area contributed by atoms with Crippen molar-refractivity contribution in [2.75, 3.05) is 18.0 Å². The Labute approximate surface area is 149 Å². The SMILES string of the molecule is FC(F)(F)Sc1ccc(CNC2CCN(c3ccccn3)CC2)cc1. The number of aromatic nitrogens is 1. The molecule has 1 N–H and O–H groups in total. The largest absolute Gasteiger partial charge is 0.446 e. The number of piperidine rings is 1. The lowest BCUT2D eigenvalue weighted by molar-refractivity contribution is -0.0328. The summed E-state index contributed by atoms with van der Waals surface area (Å²) in [4.78, 5) is 6.88. The fraction of sp³-hybridized carbons (Fsp3) is 0.389. The van der Waals surface area contributed by atoms with Crippen molar-refractivity contribution in [2.24, 2.45) is 0 Å². The fourth-order valence-corrected chi connectivity index (χ4v) is 3.46. The number of pyridine rings is 1. The summed E-state index contributed by atoms with van der Waals surface area (Å²) in [5, 5.41) is 3.50. The molecule has 1 aromatic heterocycles. The van der Waals surface area contributed by atoms with Crippen molar-refractivity contribution >= 4 is 17.6 Å². The van der Waals surface area contributed by atoms with Crippen LogP contribution in [0.5, 0.6) is 0 Å². The minimum Gasteiger partial charge on any atom is -0.357 e. The topological polar surface area (TPSA) is 28.2 Å². The van der Waals surface area contributed by atoms with Crippen LogP contribution in [0.1, 0.15) is 18.4 Å². The number of thioether (sulfide) groups is 1. The summed E-state index contributed by atoms with van der Waals surface area (Å²) in [7, 11) is 0. The second kappa shape index (κ2) is 8.10. The minimum absolute atomic E-state index is 0.0781. The summed E-state index contributed by atoms with van der Waals surface area (Å²) in [5.74, 6) is 1.01. The second-order valence-corrected chi connectivity index (χ2v) is 7.16. The predicted molar refractivity (Wildman–Crippen MR) is 94.7 cm³/mol. The van der Waals surface area contributed by atoms with E-state index in [2.05, 4.69) is 15.2 Å². The number of halogens is 3. The van der Waals surface area contributed by atoms with Gasteiger partial charge in [-0.05, 0) is 54.4 Å². The summed E-state index contributed by atoms with van der Waals surface area (Å²) in [6.07, 6.45) is 3.86. The first-order chi connectivity index (χ1) is 12.0. The third kappa shape index (κ3) is 5.64. The summed E-state index contributed by atoms with van der Waals surface area (Å²) in [6.45, 7) is 2.58. The van der Waals surface area contributed by atoms with Crippen LogP contribution >= 0.6 is 11.8 Å². The Bertz CT molecular complexity index is 654. The molecule has 2 aromatic rings. The summed E-state index contributed by atoms with van der Waals surface area (Å²) < 4.78 is 37.0. The molecular formula is C18H20F3N3S. The van der Waals surface area contributed by atoms with Crippen LogP contribution in [-0.2, 0) is 6.54 Å². The van der Waals surface area contributed by atoms with E-state index >= 15 is 0 Å². The van der Waals surface area contributed by atoms with Gasteiger partial charge in [0.25, 0.3) is 0 Å². The Morgan fingerprint density at radius 2 is 1.80 bits per heavy atom. The van der Waals surface area contributed by atoms with Crippen molar-refractivity contribution in [3.63, 3.8) is 0 Å². The highest BCUT2D eigenvalue weighted by atomic mass is 32.2. The van der Waals surface area contributed by atoms with Crippen LogP contribution < -0.4 is 10.2 Å². The Hall–Kier alpha value is -1.73. The van der Waals surface area contributed by atoms with Crippen LogP contribution in [0.4, 0.5) is 19.0 Å². The molecule has 1 saturated heterocycles. The van der Waals surface area contributed by atoms with E-state index in [4.69, 9.17) is 0 Å². The second-order valence-electron chi connectivity index (χ2n) is 6.02. The zero-order valence-electron chi connectivity index (χ0n) is 13.7. The molecule has 2 heterocycles. The maximum Gasteiger partial charge on any atom is 0.446 e. The summed E-state index contributed by atoms with van der Waals surface area (Å²) >= 11 is -0.0781. The van der Waals surface area contributed by atoms with Crippen LogP contribution in [-0.4, -0.2) is 29.6 Å². The average molecular weight is 367 g/mol. The smallest absolute Gasteiger partial charge is 0.357 e. The first kappa shape index (κ1) is 18.1. The molecular weight excluding hydrogens is 347 g/mol. The zero-order valence-corrected chi connectivity index (χ0v) is 14.5. The van der Waals surface area contributed by atoms with E-state index in [9.17, 15) is 13.2 Å². The number of hydrogen-bond acceptors (Lipinski definition) is 4. The number of hydrogen-bond donors (Lipinski definition) is 1. The molecule has 25 heavy (non-hydrogen) atoms. The molecule has 0 amide bonds. The van der Waals surface area contributed by atoms with Gasteiger partial charge in [0, 0.05) is 36.8 Å². The molecule has 1 aliphatic heterocycles. The third-order valence-electron chi connectivity index (χ3n) is 4.22. The maximum atomic E-state index is 12.3.